The molecule has 15 heavy (non-hydrogen) atoms. The van der Waals surface area contributed by atoms with E-state index in [0.717, 1.165) is 13.1 Å². The van der Waals surface area contributed by atoms with Crippen LogP contribution in [0.25, 0.3) is 10.9 Å². The Kier molecular flexibility index (Phi) is 13.0. The molecule has 0 atom stereocenters. The second-order valence-corrected chi connectivity index (χ2v) is 2.27. The molecule has 0 fully saturated rings. The molecule has 6 N–H and O–H groups in total. The molecular weight excluding hydrogens is 208 g/mol. The van der Waals surface area contributed by atoms with Gasteiger partial charge >= 0.3 is 0 Å². The third-order valence-electron chi connectivity index (χ3n) is 1.03. The number of hydrogen-bond donors (Lipinski definition) is 2. The van der Waals surface area contributed by atoms with Gasteiger partial charge < -0.3 is 22.3 Å². The Morgan fingerprint density at radius 1 is 0.933 bits per heavy atom. The molecule has 0 bridgehead atoms. The van der Waals surface area contributed by atoms with Crippen molar-refractivity contribution in [3.63, 3.8) is 0 Å². The molecule has 10 nitrogen and oxygen atoms in total. The average Bonchev–Trinajstić information content (AvgIpc) is 2.14. The van der Waals surface area contributed by atoms with Gasteiger partial charge in [0, 0.05) is 6.42 Å². The second kappa shape index (κ2) is 12.3. The Labute approximate surface area is 86.2 Å². The minimum absolute atomic E-state index is 0.256. The lowest BCUT2D eigenvalue weighted by Gasteiger charge is -2.12. The van der Waals surface area contributed by atoms with Crippen molar-refractivity contribution in [2.75, 3.05) is 26.2 Å². The number of hydrogen-bond acceptors (Lipinski definition) is 4. The highest BCUT2D eigenvalue weighted by atomic mass is 16.7. The molecule has 0 radical (unpaired) electrons. The normalized spacial score (nSPS) is 8.40. The van der Waals surface area contributed by atoms with Gasteiger partial charge in [-0.1, -0.05) is 13.1 Å². The maximum absolute atomic E-state index is 9.47. The largest absolute Gasteiger partial charge is 0.380 e. The van der Waals surface area contributed by atoms with E-state index in [1.807, 2.05) is 0 Å². The van der Waals surface area contributed by atoms with Gasteiger partial charge in [0.05, 0.1) is 13.1 Å². The highest BCUT2D eigenvalue weighted by molar-refractivity contribution is 4.71. The van der Waals surface area contributed by atoms with E-state index < -0.39 is 10.1 Å². The summed E-state index contributed by atoms with van der Waals surface area (Å²) in [4.78, 5) is 18.9. The molecule has 0 heterocycles. The lowest BCUT2D eigenvalue weighted by atomic mass is 10.4. The quantitative estimate of drug-likeness (QED) is 0.289. The maximum atomic E-state index is 9.47. The summed E-state index contributed by atoms with van der Waals surface area (Å²) in [5.41, 5.74) is 12.7. The molecule has 0 aliphatic rings. The van der Waals surface area contributed by atoms with E-state index in [0.29, 0.717) is 0 Å². The fraction of sp³-hybridized carbons (Fsp3) is 1.00. The average molecular weight is 224 g/mol. The first kappa shape index (κ1) is 15.8. The fourth-order valence-electron chi connectivity index (χ4n) is 0.430. The Morgan fingerprint density at radius 2 is 1.27 bits per heavy atom. The van der Waals surface area contributed by atoms with Gasteiger partial charge in [0.2, 0.25) is 0 Å². The standard InChI is InChI=1S/C3H10N2.C2H4N4O4/c4-2-1-3-5;7-5(8)3-1-2-4-6(9)10/h1-5H2;1-2H2/q;-2/p+2. The highest BCUT2D eigenvalue weighted by Gasteiger charge is 1.77. The van der Waals surface area contributed by atoms with Crippen LogP contribution in [0, 0.1) is 20.2 Å². The fourth-order valence-corrected chi connectivity index (χ4v) is 0.430. The maximum Gasteiger partial charge on any atom is 0.0794 e. The summed E-state index contributed by atoms with van der Waals surface area (Å²) in [7, 11) is 0. The summed E-state index contributed by atoms with van der Waals surface area (Å²) < 4.78 is 0. The van der Waals surface area contributed by atoms with Crippen LogP contribution in [0.2, 0.25) is 0 Å². The van der Waals surface area contributed by atoms with Crippen molar-refractivity contribution in [2.45, 2.75) is 6.42 Å². The third-order valence-corrected chi connectivity index (χ3v) is 1.03. The van der Waals surface area contributed by atoms with Crippen LogP contribution in [-0.4, -0.2) is 36.2 Å². The van der Waals surface area contributed by atoms with Gasteiger partial charge in [0.1, 0.15) is 0 Å². The first-order valence-corrected chi connectivity index (χ1v) is 4.26. The molecule has 0 aliphatic heterocycles. The highest BCUT2D eigenvalue weighted by Crippen LogP contribution is 1.90. The summed E-state index contributed by atoms with van der Waals surface area (Å²) in [5, 5.41) is 17.1. The topological polar surface area (TPSA) is 170 Å². The molecule has 0 saturated carbocycles. The molecular formula is C5H16N6O4. The zero-order valence-electron chi connectivity index (χ0n) is 8.37. The van der Waals surface area contributed by atoms with Crippen LogP contribution < -0.4 is 11.5 Å². The van der Waals surface area contributed by atoms with Crippen molar-refractivity contribution in [3.05, 3.63) is 31.1 Å². The van der Waals surface area contributed by atoms with E-state index in [-0.39, 0.29) is 13.1 Å². The molecule has 0 aromatic heterocycles. The molecule has 0 saturated heterocycles. The monoisotopic (exact) mass is 224 g/mol. The van der Waals surface area contributed by atoms with Crippen molar-refractivity contribution in [3.8, 4) is 0 Å². The van der Waals surface area contributed by atoms with Crippen molar-refractivity contribution in [1.29, 1.82) is 0 Å². The van der Waals surface area contributed by atoms with Gasteiger partial charge in [-0.15, -0.1) is 0 Å². The third kappa shape index (κ3) is 24.5. The van der Waals surface area contributed by atoms with Crippen molar-refractivity contribution >= 4 is 0 Å². The summed E-state index contributed by atoms with van der Waals surface area (Å²) >= 11 is 0. The van der Waals surface area contributed by atoms with Crippen molar-refractivity contribution in [2.24, 2.45) is 0 Å². The molecule has 0 amide bonds. The van der Waals surface area contributed by atoms with Gasteiger partial charge in [0.25, 0.3) is 0 Å². The molecule has 0 aliphatic carbocycles. The zero-order chi connectivity index (χ0) is 12.1. The van der Waals surface area contributed by atoms with Crippen LogP contribution in [-0.2, 0) is 0 Å². The summed E-state index contributed by atoms with van der Waals surface area (Å²) in [6, 6.07) is 0. The van der Waals surface area contributed by atoms with Gasteiger partial charge in [-0.2, -0.15) is 0 Å². The Bertz CT molecular complexity index is 159. The van der Waals surface area contributed by atoms with Crippen LogP contribution in [0.5, 0.6) is 0 Å². The Hall–Kier alpha value is -1.68. The Morgan fingerprint density at radius 3 is 1.40 bits per heavy atom. The van der Waals surface area contributed by atoms with E-state index in [4.69, 9.17) is 0 Å². The van der Waals surface area contributed by atoms with Crippen LogP contribution in [0.1, 0.15) is 6.42 Å². The lowest BCUT2D eigenvalue weighted by molar-refractivity contribution is -0.434. The number of rotatable bonds is 7. The smallest absolute Gasteiger partial charge is 0.0794 e. The van der Waals surface area contributed by atoms with E-state index in [1.165, 1.54) is 6.42 Å². The van der Waals surface area contributed by atoms with Crippen LogP contribution in [0.3, 0.4) is 0 Å². The summed E-state index contributed by atoms with van der Waals surface area (Å²) in [5.74, 6) is 0. The minimum Gasteiger partial charge on any atom is -0.380 e. The van der Waals surface area contributed by atoms with E-state index >= 15 is 0 Å². The predicted octanol–water partition coefficient (Wildman–Crippen LogP) is -2.02. The molecule has 10 heteroatoms. The van der Waals surface area contributed by atoms with Gasteiger partial charge in [-0.3, -0.25) is 20.2 Å². The number of nitro groups is 2. The molecule has 0 unspecified atom stereocenters. The molecule has 0 spiro atoms. The number of quaternary nitrogens is 2. The molecule has 0 aromatic rings. The number of nitrogens with zero attached hydrogens (tertiary/aromatic N) is 4. The molecule has 0 rings (SSSR count). The summed E-state index contributed by atoms with van der Waals surface area (Å²) in [6.45, 7) is 1.55. The van der Waals surface area contributed by atoms with Gasteiger partial charge in [-0.25, -0.2) is 0 Å². The Balaban J connectivity index is 0. The van der Waals surface area contributed by atoms with Crippen molar-refractivity contribution < 1.29 is 21.5 Å². The molecule has 90 valence electrons. The lowest BCUT2D eigenvalue weighted by Crippen LogP contribution is -2.56. The van der Waals surface area contributed by atoms with E-state index in [2.05, 4.69) is 22.3 Å². The predicted molar refractivity (Wildman–Crippen MR) is 50.6 cm³/mol. The molecule has 0 aromatic carbocycles. The van der Waals surface area contributed by atoms with E-state index in [1.54, 1.807) is 0 Å². The zero-order valence-corrected chi connectivity index (χ0v) is 8.37. The van der Waals surface area contributed by atoms with Crippen LogP contribution in [0.15, 0.2) is 0 Å². The van der Waals surface area contributed by atoms with Gasteiger partial charge in [-0.05, 0) is 10.1 Å². The van der Waals surface area contributed by atoms with Crippen molar-refractivity contribution in [1.82, 2.24) is 0 Å². The van der Waals surface area contributed by atoms with Crippen LogP contribution >= 0.6 is 0 Å². The minimum atomic E-state index is -0.907. The first-order valence-electron chi connectivity index (χ1n) is 4.26. The second-order valence-electron chi connectivity index (χ2n) is 2.27. The summed E-state index contributed by atoms with van der Waals surface area (Å²) in [6.07, 6.45) is 1.17. The van der Waals surface area contributed by atoms with Gasteiger partial charge in [0.15, 0.2) is 0 Å². The SMILES string of the molecule is O=[N+]([O-])[N-]CC[N-][N+](=O)[O-].[NH3+]CCC[NH3+]. The van der Waals surface area contributed by atoms with E-state index in [9.17, 15) is 20.2 Å². The van der Waals surface area contributed by atoms with Crippen LogP contribution in [0.4, 0.5) is 0 Å². The first-order chi connectivity index (χ1) is 7.04.